The van der Waals surface area contributed by atoms with Crippen LogP contribution in [0.25, 0.3) is 0 Å². The first-order chi connectivity index (χ1) is 11.3. The minimum Gasteiger partial charge on any atom is -0.487 e. The Hall–Kier alpha value is -1.63. The predicted octanol–water partition coefficient (Wildman–Crippen LogP) is 1.19. The summed E-state index contributed by atoms with van der Waals surface area (Å²) in [5.41, 5.74) is 0.398. The molecule has 0 bridgehead atoms. The van der Waals surface area contributed by atoms with E-state index in [1.807, 2.05) is 4.90 Å². The van der Waals surface area contributed by atoms with E-state index in [1.54, 1.807) is 24.4 Å². The van der Waals surface area contributed by atoms with Crippen LogP contribution < -0.4 is 10.1 Å². The number of ether oxygens (including phenoxy) is 1. The summed E-state index contributed by atoms with van der Waals surface area (Å²) in [6.45, 7) is 9.75. The van der Waals surface area contributed by atoms with Crippen molar-refractivity contribution in [3.8, 4) is 5.75 Å². The lowest BCUT2D eigenvalue weighted by molar-refractivity contribution is 0.0763. The van der Waals surface area contributed by atoms with Crippen molar-refractivity contribution in [3.05, 3.63) is 36.7 Å². The van der Waals surface area contributed by atoms with Gasteiger partial charge in [-0.15, -0.1) is 12.4 Å². The van der Waals surface area contributed by atoms with E-state index < -0.39 is 0 Å². The average Bonchev–Trinajstić information content (AvgIpc) is 3.10. The number of nitrogens with zero attached hydrogens (tertiary/aromatic N) is 3. The molecule has 3 heterocycles. The lowest BCUT2D eigenvalue weighted by atomic mass is 10.2. The van der Waals surface area contributed by atoms with Crippen LogP contribution in [0.1, 0.15) is 16.9 Å². The van der Waals surface area contributed by atoms with Gasteiger partial charge in [0, 0.05) is 51.5 Å². The van der Waals surface area contributed by atoms with E-state index in [4.69, 9.17) is 4.74 Å². The zero-order valence-corrected chi connectivity index (χ0v) is 14.6. The van der Waals surface area contributed by atoms with Crippen molar-refractivity contribution >= 4 is 18.3 Å². The van der Waals surface area contributed by atoms with Crippen LogP contribution in [0, 0.1) is 0 Å². The summed E-state index contributed by atoms with van der Waals surface area (Å²) in [7, 11) is 0. The van der Waals surface area contributed by atoms with Crippen molar-refractivity contribution < 1.29 is 9.53 Å². The van der Waals surface area contributed by atoms with Gasteiger partial charge in [0.25, 0.3) is 5.91 Å². The first-order valence-corrected chi connectivity index (χ1v) is 8.22. The van der Waals surface area contributed by atoms with Gasteiger partial charge in [0.1, 0.15) is 6.61 Å². The Kier molecular flexibility index (Phi) is 7.02. The zero-order valence-electron chi connectivity index (χ0n) is 13.8. The van der Waals surface area contributed by atoms with Gasteiger partial charge in [0.05, 0.1) is 0 Å². The van der Waals surface area contributed by atoms with Crippen LogP contribution in [0.4, 0.5) is 0 Å². The SMILES string of the molecule is C=CCOc1cccnc1C(=O)N1CCC(N2CCNCC2)C1.Cl. The second-order valence-corrected chi connectivity index (χ2v) is 5.93. The Morgan fingerprint density at radius 1 is 1.42 bits per heavy atom. The van der Waals surface area contributed by atoms with E-state index in [0.29, 0.717) is 24.1 Å². The second-order valence-electron chi connectivity index (χ2n) is 5.93. The molecule has 2 aliphatic rings. The van der Waals surface area contributed by atoms with Crippen molar-refractivity contribution in [2.45, 2.75) is 12.5 Å². The Labute approximate surface area is 149 Å². The summed E-state index contributed by atoms with van der Waals surface area (Å²) in [5, 5.41) is 3.37. The van der Waals surface area contributed by atoms with Crippen molar-refractivity contribution in [2.24, 2.45) is 0 Å². The standard InChI is InChI=1S/C17H24N4O2.ClH/c1-2-12-23-15-4-3-6-19-16(15)17(22)21-9-5-14(13-21)20-10-7-18-8-11-20;/h2-4,6,14,18H,1,5,7-13H2;1H. The van der Waals surface area contributed by atoms with Gasteiger partial charge >= 0.3 is 0 Å². The smallest absolute Gasteiger partial charge is 0.276 e. The largest absolute Gasteiger partial charge is 0.487 e. The molecule has 6 nitrogen and oxygen atoms in total. The van der Waals surface area contributed by atoms with E-state index in [1.165, 1.54) is 0 Å². The highest BCUT2D eigenvalue weighted by molar-refractivity contribution is 5.95. The first kappa shape index (κ1) is 18.7. The number of halogens is 1. The Morgan fingerprint density at radius 2 is 2.21 bits per heavy atom. The van der Waals surface area contributed by atoms with Crippen LogP contribution in [0.2, 0.25) is 0 Å². The molecule has 1 amide bonds. The van der Waals surface area contributed by atoms with E-state index in [9.17, 15) is 4.79 Å². The number of nitrogens with one attached hydrogen (secondary N) is 1. The Bertz CT molecular complexity index is 563. The Balaban J connectivity index is 0.00000208. The molecule has 0 saturated carbocycles. The quantitative estimate of drug-likeness (QED) is 0.807. The molecule has 0 aliphatic carbocycles. The molecule has 7 heteroatoms. The van der Waals surface area contributed by atoms with Crippen molar-refractivity contribution in [2.75, 3.05) is 45.9 Å². The molecule has 1 atom stereocenters. The molecular weight excluding hydrogens is 328 g/mol. The summed E-state index contributed by atoms with van der Waals surface area (Å²) >= 11 is 0. The second kappa shape index (κ2) is 9.01. The molecular formula is C17H25ClN4O2. The lowest BCUT2D eigenvalue weighted by Crippen LogP contribution is -2.49. The molecule has 3 rings (SSSR count). The highest BCUT2D eigenvalue weighted by Gasteiger charge is 2.32. The summed E-state index contributed by atoms with van der Waals surface area (Å²) in [5.74, 6) is 0.491. The van der Waals surface area contributed by atoms with E-state index in [-0.39, 0.29) is 18.3 Å². The fourth-order valence-corrected chi connectivity index (χ4v) is 3.24. The third-order valence-electron chi connectivity index (χ3n) is 4.45. The molecule has 0 aromatic carbocycles. The molecule has 132 valence electrons. The number of amides is 1. The van der Waals surface area contributed by atoms with Gasteiger partial charge in [-0.2, -0.15) is 0 Å². The monoisotopic (exact) mass is 352 g/mol. The van der Waals surface area contributed by atoms with Crippen LogP contribution in [0.15, 0.2) is 31.0 Å². The van der Waals surface area contributed by atoms with Gasteiger partial charge in [-0.25, -0.2) is 4.98 Å². The van der Waals surface area contributed by atoms with Crippen LogP contribution in [0.5, 0.6) is 5.75 Å². The highest BCUT2D eigenvalue weighted by Crippen LogP contribution is 2.22. The first-order valence-electron chi connectivity index (χ1n) is 8.22. The Morgan fingerprint density at radius 3 is 2.96 bits per heavy atom. The topological polar surface area (TPSA) is 57.7 Å². The number of likely N-dealkylation sites (tertiary alicyclic amines) is 1. The molecule has 2 saturated heterocycles. The molecule has 2 fully saturated rings. The summed E-state index contributed by atoms with van der Waals surface area (Å²) in [6.07, 6.45) is 4.33. The van der Waals surface area contributed by atoms with Gasteiger partial charge in [-0.1, -0.05) is 12.7 Å². The van der Waals surface area contributed by atoms with Crippen LogP contribution in [-0.4, -0.2) is 72.6 Å². The van der Waals surface area contributed by atoms with Gasteiger partial charge in [-0.05, 0) is 18.6 Å². The fraction of sp³-hybridized carbons (Fsp3) is 0.529. The van der Waals surface area contributed by atoms with Gasteiger partial charge in [0.2, 0.25) is 0 Å². The molecule has 24 heavy (non-hydrogen) atoms. The minimum absolute atomic E-state index is 0. The molecule has 0 radical (unpaired) electrons. The number of pyridine rings is 1. The predicted molar refractivity (Wildman–Crippen MR) is 95.9 cm³/mol. The molecule has 0 spiro atoms. The third-order valence-corrected chi connectivity index (χ3v) is 4.45. The van der Waals surface area contributed by atoms with E-state index >= 15 is 0 Å². The third kappa shape index (κ3) is 4.26. The van der Waals surface area contributed by atoms with Crippen molar-refractivity contribution in [1.82, 2.24) is 20.1 Å². The molecule has 1 N–H and O–H groups in total. The number of rotatable bonds is 5. The van der Waals surface area contributed by atoms with E-state index in [2.05, 4.69) is 21.8 Å². The highest BCUT2D eigenvalue weighted by atomic mass is 35.5. The summed E-state index contributed by atoms with van der Waals surface area (Å²) in [4.78, 5) is 21.4. The maximum atomic E-state index is 12.8. The van der Waals surface area contributed by atoms with Crippen LogP contribution >= 0.6 is 12.4 Å². The number of hydrogen-bond acceptors (Lipinski definition) is 5. The number of carbonyl (C=O) groups excluding carboxylic acids is 1. The summed E-state index contributed by atoms with van der Waals surface area (Å²) < 4.78 is 5.56. The molecule has 1 aromatic heterocycles. The van der Waals surface area contributed by atoms with Gasteiger partial charge in [-0.3, -0.25) is 9.69 Å². The molecule has 1 aromatic rings. The maximum Gasteiger partial charge on any atom is 0.276 e. The molecule has 1 unspecified atom stereocenters. The lowest BCUT2D eigenvalue weighted by Gasteiger charge is -2.32. The summed E-state index contributed by atoms with van der Waals surface area (Å²) in [6, 6.07) is 4.03. The number of piperazine rings is 1. The minimum atomic E-state index is -0.0395. The fourth-order valence-electron chi connectivity index (χ4n) is 3.24. The zero-order chi connectivity index (χ0) is 16.1. The maximum absolute atomic E-state index is 12.8. The van der Waals surface area contributed by atoms with E-state index in [0.717, 1.165) is 45.7 Å². The van der Waals surface area contributed by atoms with Crippen molar-refractivity contribution in [1.29, 1.82) is 0 Å². The van der Waals surface area contributed by atoms with Crippen LogP contribution in [0.3, 0.4) is 0 Å². The molecule has 2 aliphatic heterocycles. The average molecular weight is 353 g/mol. The van der Waals surface area contributed by atoms with Crippen molar-refractivity contribution in [3.63, 3.8) is 0 Å². The number of aromatic nitrogens is 1. The number of hydrogen-bond donors (Lipinski definition) is 1. The van der Waals surface area contributed by atoms with Gasteiger partial charge in [0.15, 0.2) is 11.4 Å². The van der Waals surface area contributed by atoms with Crippen LogP contribution in [-0.2, 0) is 0 Å². The normalized spacial score (nSPS) is 21.2. The van der Waals surface area contributed by atoms with Gasteiger partial charge < -0.3 is 15.0 Å². The number of carbonyl (C=O) groups is 1.